The number of carbonyl (C=O) groups is 1. The first-order valence-corrected chi connectivity index (χ1v) is 4.06. The number of hydrogen-bond donors (Lipinski definition) is 1. The summed E-state index contributed by atoms with van der Waals surface area (Å²) in [7, 11) is 0. The van der Waals surface area contributed by atoms with Gasteiger partial charge in [-0.2, -0.15) is 26.3 Å². The molecule has 0 saturated heterocycles. The van der Waals surface area contributed by atoms with Gasteiger partial charge in [0.2, 0.25) is 5.41 Å². The van der Waals surface area contributed by atoms with Crippen molar-refractivity contribution in [1.29, 1.82) is 0 Å². The maximum Gasteiger partial charge on any atom is 0.408 e. The Labute approximate surface area is 93.4 Å². The minimum Gasteiger partial charge on any atom is -0.479 e. The van der Waals surface area contributed by atoms with E-state index in [4.69, 9.17) is 5.11 Å². The average molecular weight is 292 g/mol. The fourth-order valence-corrected chi connectivity index (χ4v) is 1.10. The van der Waals surface area contributed by atoms with Crippen molar-refractivity contribution in [3.05, 3.63) is 0 Å². The number of hydrogen-bond acceptors (Lipinski definition) is 1. The summed E-state index contributed by atoms with van der Waals surface area (Å²) in [5, 5.41) is 7.90. The Morgan fingerprint density at radius 1 is 0.944 bits per heavy atom. The molecule has 0 aromatic carbocycles. The van der Waals surface area contributed by atoms with Crippen molar-refractivity contribution < 1.29 is 49.4 Å². The molecule has 0 bridgehead atoms. The van der Waals surface area contributed by atoms with Gasteiger partial charge < -0.3 is 5.11 Å². The quantitative estimate of drug-likeness (QED) is 0.808. The van der Waals surface area contributed by atoms with E-state index in [0.717, 1.165) is 0 Å². The normalized spacial score (nSPS) is 15.9. The topological polar surface area (TPSA) is 37.3 Å². The summed E-state index contributed by atoms with van der Waals surface area (Å²) in [6.45, 7) is 0. The molecule has 0 aliphatic rings. The summed E-state index contributed by atoms with van der Waals surface area (Å²) in [4.78, 5) is 9.90. The zero-order chi connectivity index (χ0) is 14.9. The van der Waals surface area contributed by atoms with Gasteiger partial charge in [-0.05, 0) is 0 Å². The second kappa shape index (κ2) is 4.84. The number of halogens is 9. The predicted molar refractivity (Wildman–Crippen MR) is 37.7 cm³/mol. The van der Waals surface area contributed by atoms with Crippen LogP contribution in [0, 0.1) is 5.41 Å². The van der Waals surface area contributed by atoms with Crippen molar-refractivity contribution in [2.75, 3.05) is 0 Å². The largest absolute Gasteiger partial charge is 0.479 e. The minimum absolute atomic E-state index is 2.69. The Balaban J connectivity index is 5.74. The van der Waals surface area contributed by atoms with Gasteiger partial charge in [-0.25, -0.2) is 18.0 Å². The first-order chi connectivity index (χ1) is 7.77. The van der Waals surface area contributed by atoms with Gasteiger partial charge in [0, 0.05) is 6.42 Å². The monoisotopic (exact) mass is 292 g/mol. The van der Waals surface area contributed by atoms with E-state index in [1.807, 2.05) is 0 Å². The molecule has 0 spiro atoms. The summed E-state index contributed by atoms with van der Waals surface area (Å²) in [5.74, 6) is -2.69. The fourth-order valence-electron chi connectivity index (χ4n) is 1.10. The third kappa shape index (κ3) is 2.80. The van der Waals surface area contributed by atoms with Crippen molar-refractivity contribution in [3.63, 3.8) is 0 Å². The molecule has 1 N–H and O–H groups in total. The first kappa shape index (κ1) is 16.8. The van der Waals surface area contributed by atoms with Crippen molar-refractivity contribution in [2.45, 2.75) is 31.4 Å². The third-order valence-corrected chi connectivity index (χ3v) is 2.15. The van der Waals surface area contributed by atoms with Crippen molar-refractivity contribution in [1.82, 2.24) is 0 Å². The van der Waals surface area contributed by atoms with Crippen LogP contribution in [0.5, 0.6) is 0 Å². The standard InChI is InChI=1S/C7H5F9O2/c8-2(3(17)18)1-5(4(9)10,6(11,12)13)7(14,15)16/h2,4H,1H2,(H,17,18). The van der Waals surface area contributed by atoms with Crippen LogP contribution in [0.1, 0.15) is 6.42 Å². The molecule has 2 nitrogen and oxygen atoms in total. The van der Waals surface area contributed by atoms with E-state index >= 15 is 0 Å². The van der Waals surface area contributed by atoms with Gasteiger partial charge in [-0.3, -0.25) is 0 Å². The molecule has 18 heavy (non-hydrogen) atoms. The van der Waals surface area contributed by atoms with Gasteiger partial charge in [0.1, 0.15) is 0 Å². The summed E-state index contributed by atoms with van der Waals surface area (Å²) < 4.78 is 110. The number of rotatable bonds is 4. The Bertz CT molecular complexity index is 291. The molecule has 1 unspecified atom stereocenters. The molecule has 0 saturated carbocycles. The van der Waals surface area contributed by atoms with Gasteiger partial charge >= 0.3 is 18.3 Å². The van der Waals surface area contributed by atoms with Crippen LogP contribution < -0.4 is 0 Å². The van der Waals surface area contributed by atoms with Crippen LogP contribution in [0.25, 0.3) is 0 Å². The molecule has 0 aromatic heterocycles. The number of carboxylic acids is 1. The Hall–Kier alpha value is -1.16. The van der Waals surface area contributed by atoms with E-state index in [9.17, 15) is 44.3 Å². The van der Waals surface area contributed by atoms with Gasteiger partial charge in [0.05, 0.1) is 0 Å². The maximum absolute atomic E-state index is 12.5. The SMILES string of the molecule is O=C(O)C(F)CC(C(F)F)(C(F)(F)F)C(F)(F)F. The van der Waals surface area contributed by atoms with Crippen LogP contribution in [0.4, 0.5) is 39.5 Å². The smallest absolute Gasteiger partial charge is 0.408 e. The molecule has 0 aliphatic heterocycles. The number of carboxylic acid groups (broad SMARTS) is 1. The van der Waals surface area contributed by atoms with Crippen molar-refractivity contribution >= 4 is 5.97 Å². The highest BCUT2D eigenvalue weighted by atomic mass is 19.4. The van der Waals surface area contributed by atoms with Crippen LogP contribution in [0.2, 0.25) is 0 Å². The molecule has 0 aliphatic carbocycles. The fraction of sp³-hybridized carbons (Fsp3) is 0.857. The van der Waals surface area contributed by atoms with Gasteiger partial charge in [-0.15, -0.1) is 0 Å². The van der Waals surface area contributed by atoms with Gasteiger partial charge in [-0.1, -0.05) is 0 Å². The highest BCUT2D eigenvalue weighted by Crippen LogP contribution is 2.57. The summed E-state index contributed by atoms with van der Waals surface area (Å²) in [6, 6.07) is 0. The van der Waals surface area contributed by atoms with E-state index in [-0.39, 0.29) is 0 Å². The van der Waals surface area contributed by atoms with Crippen LogP contribution in [-0.2, 0) is 4.79 Å². The molecule has 108 valence electrons. The molecular weight excluding hydrogens is 287 g/mol. The Kier molecular flexibility index (Phi) is 4.53. The summed E-state index contributed by atoms with van der Waals surface area (Å²) >= 11 is 0. The minimum atomic E-state index is -6.54. The predicted octanol–water partition coefficient (Wildman–Crippen LogP) is 3.18. The lowest BCUT2D eigenvalue weighted by atomic mass is 9.81. The highest BCUT2D eigenvalue weighted by molar-refractivity contribution is 5.72. The van der Waals surface area contributed by atoms with E-state index in [1.165, 1.54) is 0 Å². The van der Waals surface area contributed by atoms with E-state index < -0.39 is 42.8 Å². The molecule has 0 heterocycles. The van der Waals surface area contributed by atoms with E-state index in [0.29, 0.717) is 0 Å². The highest BCUT2D eigenvalue weighted by Gasteiger charge is 2.76. The number of aliphatic carboxylic acids is 1. The van der Waals surface area contributed by atoms with Crippen LogP contribution in [0.15, 0.2) is 0 Å². The van der Waals surface area contributed by atoms with Crippen molar-refractivity contribution in [2.24, 2.45) is 5.41 Å². The summed E-state index contributed by atoms with van der Waals surface area (Å²) in [5.41, 5.74) is -5.71. The van der Waals surface area contributed by atoms with Crippen LogP contribution in [0.3, 0.4) is 0 Å². The van der Waals surface area contributed by atoms with Gasteiger partial charge in [0.25, 0.3) is 6.43 Å². The third-order valence-electron chi connectivity index (χ3n) is 2.15. The lowest BCUT2D eigenvalue weighted by molar-refractivity contribution is -0.376. The lowest BCUT2D eigenvalue weighted by Crippen LogP contribution is -2.56. The Morgan fingerprint density at radius 2 is 1.28 bits per heavy atom. The zero-order valence-electron chi connectivity index (χ0n) is 8.12. The van der Waals surface area contributed by atoms with Crippen LogP contribution in [-0.4, -0.2) is 36.0 Å². The summed E-state index contributed by atoms with van der Waals surface area (Å²) in [6.07, 6.45) is -24.8. The average Bonchev–Trinajstić information content (AvgIpc) is 2.08. The maximum atomic E-state index is 12.5. The van der Waals surface area contributed by atoms with E-state index in [2.05, 4.69) is 0 Å². The molecule has 0 rings (SSSR count). The van der Waals surface area contributed by atoms with Gasteiger partial charge in [0.15, 0.2) is 6.17 Å². The second-order valence-electron chi connectivity index (χ2n) is 3.28. The Morgan fingerprint density at radius 3 is 1.44 bits per heavy atom. The molecule has 11 heteroatoms. The molecule has 0 amide bonds. The molecule has 0 radical (unpaired) electrons. The van der Waals surface area contributed by atoms with E-state index in [1.54, 1.807) is 0 Å². The van der Waals surface area contributed by atoms with Crippen LogP contribution >= 0.6 is 0 Å². The second-order valence-corrected chi connectivity index (χ2v) is 3.28. The number of alkyl halides is 9. The molecule has 0 fully saturated rings. The molecular formula is C7H5F9O2. The lowest BCUT2D eigenvalue weighted by Gasteiger charge is -2.36. The first-order valence-electron chi connectivity index (χ1n) is 4.06. The van der Waals surface area contributed by atoms with Crippen molar-refractivity contribution in [3.8, 4) is 0 Å². The molecule has 1 atom stereocenters. The zero-order valence-corrected chi connectivity index (χ0v) is 8.12. The molecule has 0 aromatic rings.